The van der Waals surface area contributed by atoms with Crippen molar-refractivity contribution < 1.29 is 32.4 Å². The van der Waals surface area contributed by atoms with E-state index in [4.69, 9.17) is 5.73 Å². The number of urea groups is 1. The summed E-state index contributed by atoms with van der Waals surface area (Å²) in [5.41, 5.74) is 4.01. The number of sulfonamides is 1. The summed E-state index contributed by atoms with van der Waals surface area (Å²) in [7, 11) is -3.42. The molecule has 0 radical (unpaired) electrons. The number of carbonyl (C=O) groups excluding carboxylic acids is 5. The van der Waals surface area contributed by atoms with Crippen molar-refractivity contribution in [3.05, 3.63) is 0 Å². The summed E-state index contributed by atoms with van der Waals surface area (Å²) in [4.78, 5) is 67.3. The van der Waals surface area contributed by atoms with Crippen molar-refractivity contribution in [1.29, 1.82) is 0 Å². The molecule has 13 nitrogen and oxygen atoms in total. The van der Waals surface area contributed by atoms with E-state index in [-0.39, 0.29) is 37.1 Å². The van der Waals surface area contributed by atoms with Gasteiger partial charge in [0, 0.05) is 25.7 Å². The molecule has 0 aromatic carbocycles. The number of unbranched alkanes of at least 4 members (excludes halogenated alkanes) is 1. The second-order valence-electron chi connectivity index (χ2n) is 15.3. The Morgan fingerprint density at radius 3 is 2.04 bits per heavy atom. The fourth-order valence-electron chi connectivity index (χ4n) is 6.13. The van der Waals surface area contributed by atoms with Gasteiger partial charge in [0.15, 0.2) is 0 Å². The van der Waals surface area contributed by atoms with Crippen LogP contribution in [0.2, 0.25) is 0 Å². The summed E-state index contributed by atoms with van der Waals surface area (Å²) in [6.45, 7) is 17.8. The molecule has 5 N–H and O–H groups in total. The predicted molar refractivity (Wildman–Crippen MR) is 177 cm³/mol. The maximum absolute atomic E-state index is 14.3. The van der Waals surface area contributed by atoms with Gasteiger partial charge in [0.25, 0.3) is 5.91 Å². The fourth-order valence-corrected chi connectivity index (χ4v) is 7.74. The maximum atomic E-state index is 14.3. The molecule has 0 aromatic rings. The van der Waals surface area contributed by atoms with Crippen LogP contribution in [0.4, 0.5) is 4.79 Å². The molecule has 264 valence electrons. The molecule has 2 aliphatic heterocycles. The highest BCUT2D eigenvalue weighted by atomic mass is 32.2. The lowest BCUT2D eigenvalue weighted by Crippen LogP contribution is -2.62. The lowest BCUT2D eigenvalue weighted by atomic mass is 9.84. The average Bonchev–Trinajstić information content (AvgIpc) is 3.38. The highest BCUT2D eigenvalue weighted by molar-refractivity contribution is 7.89. The van der Waals surface area contributed by atoms with Crippen molar-refractivity contribution in [3.63, 3.8) is 0 Å². The lowest BCUT2D eigenvalue weighted by Gasteiger charge is -2.39. The Morgan fingerprint density at radius 2 is 1.54 bits per heavy atom. The highest BCUT2D eigenvalue weighted by Crippen LogP contribution is 2.33. The second kappa shape index (κ2) is 15.9. The van der Waals surface area contributed by atoms with E-state index in [1.165, 1.54) is 9.21 Å². The van der Waals surface area contributed by atoms with Gasteiger partial charge in [-0.15, -0.1) is 0 Å². The second-order valence-corrected chi connectivity index (χ2v) is 17.4. The van der Waals surface area contributed by atoms with Gasteiger partial charge in [0.2, 0.25) is 27.6 Å². The predicted octanol–water partition coefficient (Wildman–Crippen LogP) is 2.14. The lowest BCUT2D eigenvalue weighted by molar-refractivity contribution is -0.144. The van der Waals surface area contributed by atoms with Crippen LogP contribution in [0, 0.1) is 22.7 Å². The first-order valence-corrected chi connectivity index (χ1v) is 18.2. The highest BCUT2D eigenvalue weighted by Gasteiger charge is 2.48. The summed E-state index contributed by atoms with van der Waals surface area (Å²) in [6.07, 6.45) is 3.49. The van der Waals surface area contributed by atoms with E-state index in [1.807, 2.05) is 62.3 Å². The Kier molecular flexibility index (Phi) is 13.6. The minimum Gasteiger partial charge on any atom is -0.363 e. The summed E-state index contributed by atoms with van der Waals surface area (Å²) >= 11 is 0. The molecule has 46 heavy (non-hydrogen) atoms. The molecule has 5 atom stereocenters. The number of nitrogens with one attached hydrogen (secondary N) is 3. The minimum atomic E-state index is -3.42. The molecule has 1 unspecified atom stereocenters. The van der Waals surface area contributed by atoms with Gasteiger partial charge in [-0.25, -0.2) is 13.2 Å². The largest absolute Gasteiger partial charge is 0.363 e. The number of primary amides is 1. The Hall–Kier alpha value is -2.74. The van der Waals surface area contributed by atoms with Crippen molar-refractivity contribution in [2.24, 2.45) is 28.4 Å². The monoisotopic (exact) mass is 670 g/mol. The summed E-state index contributed by atoms with van der Waals surface area (Å²) in [5.74, 6) is -3.10. The number of ketones is 1. The maximum Gasteiger partial charge on any atom is 0.315 e. The molecule has 2 saturated heterocycles. The van der Waals surface area contributed by atoms with Crippen LogP contribution in [0.5, 0.6) is 0 Å². The first kappa shape index (κ1) is 39.4. The van der Waals surface area contributed by atoms with Crippen molar-refractivity contribution in [2.75, 3.05) is 25.4 Å². The van der Waals surface area contributed by atoms with Crippen LogP contribution in [0.1, 0.15) is 101 Å². The Labute approximate surface area is 275 Å². The average molecular weight is 671 g/mol. The molecule has 2 aliphatic rings. The zero-order chi connectivity index (χ0) is 35.2. The summed E-state index contributed by atoms with van der Waals surface area (Å²) in [6, 6.07) is -4.20. The van der Waals surface area contributed by atoms with E-state index in [9.17, 15) is 32.4 Å². The van der Waals surface area contributed by atoms with Crippen molar-refractivity contribution in [3.8, 4) is 0 Å². The number of Topliss-reactive ketones (excluding diaryl/α,β-unsaturated/α-hetero) is 1. The number of amides is 5. The van der Waals surface area contributed by atoms with Gasteiger partial charge < -0.3 is 26.6 Å². The van der Waals surface area contributed by atoms with Crippen molar-refractivity contribution >= 4 is 39.6 Å². The first-order valence-electron chi connectivity index (χ1n) is 16.6. The molecule has 2 rings (SSSR count). The quantitative estimate of drug-likeness (QED) is 0.216. The number of hydrogen-bond donors (Lipinski definition) is 4. The van der Waals surface area contributed by atoms with E-state index in [0.29, 0.717) is 25.8 Å². The standard InChI is InChI=1S/C32H58N6O7S/c1-10-11-14-22(25(39)27(33)40)34-28(41)24-21(20(2)3)15-17-38(24)29(42)26(32(7,8)9)36-30(43)35-23(31(4,5)6)19-37-16-12-13-18-46(37,44)45/h20-24,26H,10-19H2,1-9H3,(H2,33,40)(H,34,41)(H2,35,36,43)/t21-,22?,23-,24+,26-/m1/s1. The van der Waals surface area contributed by atoms with Crippen LogP contribution < -0.4 is 21.7 Å². The van der Waals surface area contributed by atoms with E-state index in [1.54, 1.807) is 0 Å². The molecule has 5 amide bonds. The molecule has 0 bridgehead atoms. The van der Waals surface area contributed by atoms with Gasteiger partial charge in [-0.2, -0.15) is 4.31 Å². The normalized spacial score (nSPS) is 22.5. The molecule has 2 fully saturated rings. The van der Waals surface area contributed by atoms with Crippen molar-refractivity contribution in [2.45, 2.75) is 125 Å². The zero-order valence-electron chi connectivity index (χ0n) is 29.3. The smallest absolute Gasteiger partial charge is 0.315 e. The molecule has 0 spiro atoms. The fraction of sp³-hybridized carbons (Fsp3) is 0.844. The number of rotatable bonds is 13. The van der Waals surface area contributed by atoms with Crippen LogP contribution >= 0.6 is 0 Å². The first-order chi connectivity index (χ1) is 21.1. The zero-order valence-corrected chi connectivity index (χ0v) is 30.1. The van der Waals surface area contributed by atoms with Gasteiger partial charge in [-0.3, -0.25) is 19.2 Å². The number of hydrogen-bond acceptors (Lipinski definition) is 7. The number of likely N-dealkylation sites (tertiary alicyclic amines) is 1. The van der Waals surface area contributed by atoms with Crippen LogP contribution in [-0.4, -0.2) is 96.7 Å². The van der Waals surface area contributed by atoms with Crippen LogP contribution in [-0.2, 0) is 29.2 Å². The summed E-state index contributed by atoms with van der Waals surface area (Å²) < 4.78 is 26.8. The molecule has 14 heteroatoms. The van der Waals surface area contributed by atoms with Gasteiger partial charge in [-0.05, 0) is 48.3 Å². The third-order valence-electron chi connectivity index (χ3n) is 9.15. The van der Waals surface area contributed by atoms with Gasteiger partial charge >= 0.3 is 6.03 Å². The van der Waals surface area contributed by atoms with E-state index >= 15 is 0 Å². The third-order valence-corrected chi connectivity index (χ3v) is 11.1. The van der Waals surface area contributed by atoms with Crippen molar-refractivity contribution in [1.82, 2.24) is 25.2 Å². The number of nitrogens with two attached hydrogens (primary N) is 1. The molecule has 0 aromatic heterocycles. The minimum absolute atomic E-state index is 0.0254. The SMILES string of the molecule is CCCCC(NC(=O)[C@@H]1[C@@H](C(C)C)CCN1C(=O)[C@@H](NC(=O)N[C@H](CN1CCCCS1(=O)=O)C(C)(C)C)C(C)(C)C)C(=O)C(N)=O. The van der Waals surface area contributed by atoms with Gasteiger partial charge in [-0.1, -0.05) is 75.2 Å². The number of nitrogens with zero attached hydrogens (tertiary/aromatic N) is 2. The molecular formula is C32H58N6O7S. The van der Waals surface area contributed by atoms with E-state index in [0.717, 1.165) is 12.8 Å². The van der Waals surface area contributed by atoms with Crippen LogP contribution in [0.3, 0.4) is 0 Å². The third kappa shape index (κ3) is 10.4. The molecule has 2 heterocycles. The molecular weight excluding hydrogens is 612 g/mol. The van der Waals surface area contributed by atoms with Gasteiger partial charge in [0.05, 0.1) is 11.8 Å². The Bertz CT molecular complexity index is 1220. The number of carbonyl (C=O) groups is 5. The van der Waals surface area contributed by atoms with E-state index in [2.05, 4.69) is 16.0 Å². The Balaban J connectivity index is 2.33. The van der Waals surface area contributed by atoms with Gasteiger partial charge in [0.1, 0.15) is 12.1 Å². The van der Waals surface area contributed by atoms with Crippen LogP contribution in [0.15, 0.2) is 0 Å². The molecule has 0 aliphatic carbocycles. The van der Waals surface area contributed by atoms with E-state index < -0.39 is 74.6 Å². The topological polar surface area (TPSA) is 188 Å². The summed E-state index contributed by atoms with van der Waals surface area (Å²) in [5, 5.41) is 8.49. The molecule has 0 saturated carbocycles. The Morgan fingerprint density at radius 1 is 0.913 bits per heavy atom. The van der Waals surface area contributed by atoms with Crippen LogP contribution in [0.25, 0.3) is 0 Å².